The molecule has 0 saturated carbocycles. The van der Waals surface area contributed by atoms with Crippen LogP contribution in [-0.2, 0) is 0 Å². The molecule has 0 amide bonds. The summed E-state index contributed by atoms with van der Waals surface area (Å²) in [6.07, 6.45) is 1.56. The Morgan fingerprint density at radius 3 is 2.00 bits per heavy atom. The average Bonchev–Trinajstić information content (AvgIpc) is 1.77. The van der Waals surface area contributed by atoms with E-state index in [4.69, 9.17) is 0 Å². The van der Waals surface area contributed by atoms with Crippen molar-refractivity contribution in [2.24, 2.45) is 4.99 Å². The first-order chi connectivity index (χ1) is 4.46. The normalized spacial score (nSPS) is 26.8. The first-order valence-electron chi connectivity index (χ1n) is 2.44. The highest BCUT2D eigenvalue weighted by Crippen LogP contribution is 2.37. The van der Waals surface area contributed by atoms with Crippen molar-refractivity contribution in [1.82, 2.24) is 0 Å². The van der Waals surface area contributed by atoms with Gasteiger partial charge < -0.3 is 0 Å². The third-order valence-corrected chi connectivity index (χ3v) is 1.03. The number of aliphatic imine (C=N–C) groups is 1. The zero-order valence-corrected chi connectivity index (χ0v) is 4.69. The molecule has 10 heavy (non-hydrogen) atoms. The monoisotopic (exact) mass is 153 g/mol. The maximum absolute atomic E-state index is 12.0. The molecule has 0 aromatic heterocycles. The lowest BCUT2D eigenvalue weighted by molar-refractivity contribution is -0.173. The highest BCUT2D eigenvalue weighted by atomic mass is 19.3. The molecule has 56 valence electrons. The quantitative estimate of drug-likeness (QED) is 0.372. The van der Waals surface area contributed by atoms with Gasteiger partial charge in [0.25, 0.3) is 0 Å². The molecule has 1 heterocycles. The molecule has 0 saturated heterocycles. The Morgan fingerprint density at radius 2 is 1.70 bits per heavy atom. The molecule has 1 aliphatic heterocycles. The Morgan fingerprint density at radius 1 is 1.10 bits per heavy atom. The Hall–Kier alpha value is -0.870. The van der Waals surface area contributed by atoms with E-state index in [1.807, 2.05) is 0 Å². The van der Waals surface area contributed by atoms with Crippen LogP contribution in [0.4, 0.5) is 17.6 Å². The third-order valence-electron chi connectivity index (χ3n) is 1.03. The van der Waals surface area contributed by atoms with E-state index in [0.29, 0.717) is 6.21 Å². The van der Waals surface area contributed by atoms with Gasteiger partial charge in [0, 0.05) is 6.21 Å². The van der Waals surface area contributed by atoms with E-state index in [-0.39, 0.29) is 6.08 Å². The number of nitrogens with zero attached hydrogens (tertiary/aromatic N) is 1. The summed E-state index contributed by atoms with van der Waals surface area (Å²) in [5.41, 5.74) is 0. The summed E-state index contributed by atoms with van der Waals surface area (Å²) in [5, 5.41) is 0. The second-order valence-electron chi connectivity index (χ2n) is 1.80. The van der Waals surface area contributed by atoms with Crippen molar-refractivity contribution in [3.05, 3.63) is 12.2 Å². The van der Waals surface area contributed by atoms with Gasteiger partial charge in [0.2, 0.25) is 0 Å². The fraction of sp³-hybridized carbons (Fsp3) is 0.400. The summed E-state index contributed by atoms with van der Waals surface area (Å²) in [7, 11) is 0. The van der Waals surface area contributed by atoms with Crippen LogP contribution in [0.5, 0.6) is 0 Å². The summed E-state index contributed by atoms with van der Waals surface area (Å²) in [6, 6.07) is -4.28. The van der Waals surface area contributed by atoms with Crippen molar-refractivity contribution in [2.45, 2.75) is 12.0 Å². The number of hydrogen-bond acceptors (Lipinski definition) is 1. The van der Waals surface area contributed by atoms with Gasteiger partial charge in [0.15, 0.2) is 0 Å². The van der Waals surface area contributed by atoms with Crippen molar-refractivity contribution < 1.29 is 17.6 Å². The minimum Gasteiger partial charge on any atom is -0.219 e. The number of dihydropyridines is 1. The Balaban J connectivity index is 2.96. The van der Waals surface area contributed by atoms with E-state index in [0.717, 1.165) is 6.08 Å². The van der Waals surface area contributed by atoms with Crippen LogP contribution >= 0.6 is 0 Å². The molecule has 0 aromatic carbocycles. The fourth-order valence-electron chi connectivity index (χ4n) is 0.487. The lowest BCUT2D eigenvalue weighted by Crippen LogP contribution is -2.38. The number of allylic oxidation sites excluding steroid dienone is 1. The Bertz CT molecular complexity index is 172. The van der Waals surface area contributed by atoms with Gasteiger partial charge >= 0.3 is 12.0 Å². The minimum absolute atomic E-state index is 0.125. The Kier molecular flexibility index (Phi) is 1.31. The predicted octanol–water partition coefficient (Wildman–Crippen LogP) is 1.86. The predicted molar refractivity (Wildman–Crippen MR) is 27.5 cm³/mol. The highest BCUT2D eigenvalue weighted by molar-refractivity contribution is 5.73. The van der Waals surface area contributed by atoms with Crippen LogP contribution in [0.25, 0.3) is 0 Å². The smallest absolute Gasteiger partial charge is 0.219 e. The van der Waals surface area contributed by atoms with E-state index in [2.05, 4.69) is 4.99 Å². The molecule has 1 rings (SSSR count). The second kappa shape index (κ2) is 1.81. The molecule has 0 bridgehead atoms. The van der Waals surface area contributed by atoms with Crippen molar-refractivity contribution in [3.63, 3.8) is 0 Å². The van der Waals surface area contributed by atoms with E-state index < -0.39 is 12.0 Å². The fourth-order valence-corrected chi connectivity index (χ4v) is 0.487. The third kappa shape index (κ3) is 0.913. The molecule has 1 nitrogen and oxygen atoms in total. The molecule has 0 aromatic rings. The van der Waals surface area contributed by atoms with Gasteiger partial charge in [0.05, 0.1) is 0 Å². The maximum Gasteiger partial charge on any atom is 0.408 e. The van der Waals surface area contributed by atoms with E-state index >= 15 is 0 Å². The minimum atomic E-state index is -4.28. The van der Waals surface area contributed by atoms with Gasteiger partial charge in [-0.05, 0) is 12.2 Å². The second-order valence-corrected chi connectivity index (χ2v) is 1.80. The van der Waals surface area contributed by atoms with Gasteiger partial charge in [0.1, 0.15) is 0 Å². The molecule has 0 atom stereocenters. The van der Waals surface area contributed by atoms with Gasteiger partial charge in [-0.2, -0.15) is 17.6 Å². The molecule has 0 N–H and O–H groups in total. The zero-order chi connectivity index (χ0) is 7.83. The van der Waals surface area contributed by atoms with Crippen LogP contribution in [-0.4, -0.2) is 18.2 Å². The maximum atomic E-state index is 12.0. The standard InChI is InChI=1S/C5H3F4N/c6-4(7)2-1-3-10-5(4,8)9/h1-3H. The van der Waals surface area contributed by atoms with Crippen LogP contribution in [0.2, 0.25) is 0 Å². The van der Waals surface area contributed by atoms with Crippen LogP contribution in [0.3, 0.4) is 0 Å². The van der Waals surface area contributed by atoms with Crippen LogP contribution in [0.15, 0.2) is 17.1 Å². The van der Waals surface area contributed by atoms with Gasteiger partial charge in [-0.15, -0.1) is 0 Å². The van der Waals surface area contributed by atoms with E-state index in [9.17, 15) is 17.6 Å². The van der Waals surface area contributed by atoms with Gasteiger partial charge in [-0.3, -0.25) is 0 Å². The summed E-state index contributed by atoms with van der Waals surface area (Å²) in [4.78, 5) is 2.32. The highest BCUT2D eigenvalue weighted by Gasteiger charge is 2.55. The van der Waals surface area contributed by atoms with E-state index in [1.165, 1.54) is 0 Å². The first kappa shape index (κ1) is 7.24. The lowest BCUT2D eigenvalue weighted by atomic mass is 10.2. The van der Waals surface area contributed by atoms with Crippen LogP contribution < -0.4 is 0 Å². The van der Waals surface area contributed by atoms with Crippen molar-refractivity contribution in [3.8, 4) is 0 Å². The number of hydrogen-bond donors (Lipinski definition) is 0. The van der Waals surface area contributed by atoms with Gasteiger partial charge in [-0.25, -0.2) is 4.99 Å². The molecular formula is C5H3F4N. The van der Waals surface area contributed by atoms with Crippen LogP contribution in [0.1, 0.15) is 0 Å². The zero-order valence-electron chi connectivity index (χ0n) is 4.69. The van der Waals surface area contributed by atoms with Crippen molar-refractivity contribution in [1.29, 1.82) is 0 Å². The molecule has 1 aliphatic rings. The first-order valence-corrected chi connectivity index (χ1v) is 2.44. The van der Waals surface area contributed by atoms with E-state index in [1.54, 1.807) is 0 Å². The molecular weight excluding hydrogens is 150 g/mol. The summed E-state index contributed by atoms with van der Waals surface area (Å²) in [6.45, 7) is 0. The summed E-state index contributed by atoms with van der Waals surface area (Å²) < 4.78 is 48.0. The summed E-state index contributed by atoms with van der Waals surface area (Å²) >= 11 is 0. The molecule has 0 aliphatic carbocycles. The number of rotatable bonds is 0. The Labute approximate surface area is 54.1 Å². The average molecular weight is 153 g/mol. The molecule has 0 radical (unpaired) electrons. The van der Waals surface area contributed by atoms with Crippen LogP contribution in [0, 0.1) is 0 Å². The molecule has 0 unspecified atom stereocenters. The molecule has 0 spiro atoms. The lowest BCUT2D eigenvalue weighted by Gasteiger charge is -2.21. The summed E-state index contributed by atoms with van der Waals surface area (Å²) in [5.74, 6) is -4.14. The molecule has 5 heteroatoms. The number of alkyl halides is 4. The molecule has 0 fully saturated rings. The number of halogens is 4. The SMILES string of the molecule is FC1(F)C=CC=NC1(F)F. The van der Waals surface area contributed by atoms with Crippen molar-refractivity contribution in [2.75, 3.05) is 0 Å². The van der Waals surface area contributed by atoms with Crippen molar-refractivity contribution >= 4 is 6.21 Å². The topological polar surface area (TPSA) is 12.4 Å². The largest absolute Gasteiger partial charge is 0.408 e. The van der Waals surface area contributed by atoms with Gasteiger partial charge in [-0.1, -0.05) is 0 Å².